The van der Waals surface area contributed by atoms with Crippen LogP contribution in [0.25, 0.3) is 10.8 Å². The van der Waals surface area contributed by atoms with E-state index in [-0.39, 0.29) is 0 Å². The second-order valence-corrected chi connectivity index (χ2v) is 4.46. The molecule has 0 amide bonds. The number of hydrogen-bond donors (Lipinski definition) is 1. The van der Waals surface area contributed by atoms with E-state index in [9.17, 15) is 0 Å². The van der Waals surface area contributed by atoms with Crippen LogP contribution in [0.4, 0.5) is 0 Å². The van der Waals surface area contributed by atoms with Crippen molar-refractivity contribution >= 4 is 10.8 Å². The van der Waals surface area contributed by atoms with Crippen molar-refractivity contribution in [2.75, 3.05) is 13.2 Å². The third-order valence-corrected chi connectivity index (χ3v) is 3.06. The second-order valence-electron chi connectivity index (χ2n) is 4.46. The third-order valence-electron chi connectivity index (χ3n) is 3.06. The lowest BCUT2D eigenvalue weighted by Crippen LogP contribution is -1.98. The molecule has 2 heteroatoms. The van der Waals surface area contributed by atoms with Gasteiger partial charge in [-0.15, -0.1) is 0 Å². The van der Waals surface area contributed by atoms with Crippen molar-refractivity contribution in [3.05, 3.63) is 42.5 Å². The number of ether oxygens (including phenoxy) is 1. The molecule has 18 heavy (non-hydrogen) atoms. The molecule has 0 aromatic heterocycles. The highest BCUT2D eigenvalue weighted by Crippen LogP contribution is 2.25. The molecule has 1 N–H and O–H groups in total. The molecule has 2 aromatic carbocycles. The number of rotatable bonds is 7. The van der Waals surface area contributed by atoms with E-state index in [1.54, 1.807) is 0 Å². The summed E-state index contributed by atoms with van der Waals surface area (Å²) < 4.78 is 5.84. The predicted octanol–water partition coefficient (Wildman–Crippen LogP) is 3.77. The number of fused-ring (bicyclic) bond motifs is 1. The SMILES string of the molecule is OCCCCCCOc1cccc2ccccc12. The maximum Gasteiger partial charge on any atom is 0.127 e. The molecule has 0 radical (unpaired) electrons. The van der Waals surface area contributed by atoms with E-state index in [0.717, 1.165) is 38.0 Å². The van der Waals surface area contributed by atoms with Gasteiger partial charge in [0.1, 0.15) is 5.75 Å². The van der Waals surface area contributed by atoms with Gasteiger partial charge in [0, 0.05) is 12.0 Å². The van der Waals surface area contributed by atoms with Crippen LogP contribution < -0.4 is 4.74 Å². The zero-order valence-electron chi connectivity index (χ0n) is 10.6. The van der Waals surface area contributed by atoms with Gasteiger partial charge in [0.15, 0.2) is 0 Å². The van der Waals surface area contributed by atoms with Crippen LogP contribution in [0.1, 0.15) is 25.7 Å². The summed E-state index contributed by atoms with van der Waals surface area (Å²) in [6.07, 6.45) is 4.14. The van der Waals surface area contributed by atoms with Gasteiger partial charge in [0.2, 0.25) is 0 Å². The minimum Gasteiger partial charge on any atom is -0.493 e. The van der Waals surface area contributed by atoms with E-state index in [1.165, 1.54) is 10.8 Å². The largest absolute Gasteiger partial charge is 0.493 e. The van der Waals surface area contributed by atoms with E-state index in [1.807, 2.05) is 24.3 Å². The fraction of sp³-hybridized carbons (Fsp3) is 0.375. The van der Waals surface area contributed by atoms with Crippen molar-refractivity contribution in [1.29, 1.82) is 0 Å². The zero-order chi connectivity index (χ0) is 12.6. The third kappa shape index (κ3) is 3.47. The lowest BCUT2D eigenvalue weighted by molar-refractivity contribution is 0.274. The number of unbranched alkanes of at least 4 members (excludes halogenated alkanes) is 3. The molecular weight excluding hydrogens is 224 g/mol. The Hall–Kier alpha value is -1.54. The summed E-state index contributed by atoms with van der Waals surface area (Å²) in [5.41, 5.74) is 0. The van der Waals surface area contributed by atoms with Gasteiger partial charge in [0.25, 0.3) is 0 Å². The molecule has 2 aromatic rings. The smallest absolute Gasteiger partial charge is 0.127 e. The Balaban J connectivity index is 1.88. The van der Waals surface area contributed by atoms with Crippen molar-refractivity contribution in [2.24, 2.45) is 0 Å². The van der Waals surface area contributed by atoms with Crippen LogP contribution in [-0.2, 0) is 0 Å². The van der Waals surface area contributed by atoms with Crippen molar-refractivity contribution in [1.82, 2.24) is 0 Å². The molecule has 0 fully saturated rings. The summed E-state index contributed by atoms with van der Waals surface area (Å²) in [6, 6.07) is 14.4. The first-order valence-corrected chi connectivity index (χ1v) is 6.63. The van der Waals surface area contributed by atoms with E-state index in [2.05, 4.69) is 18.2 Å². The Labute approximate surface area is 108 Å². The zero-order valence-corrected chi connectivity index (χ0v) is 10.6. The fourth-order valence-corrected chi connectivity index (χ4v) is 2.07. The molecule has 2 nitrogen and oxygen atoms in total. The molecule has 0 bridgehead atoms. The monoisotopic (exact) mass is 244 g/mol. The maximum atomic E-state index is 8.69. The van der Waals surface area contributed by atoms with Crippen LogP contribution in [-0.4, -0.2) is 18.3 Å². The predicted molar refractivity (Wildman–Crippen MR) is 75.0 cm³/mol. The van der Waals surface area contributed by atoms with Crippen molar-refractivity contribution in [3.8, 4) is 5.75 Å². The Kier molecular flexibility index (Phi) is 5.03. The van der Waals surface area contributed by atoms with Gasteiger partial charge < -0.3 is 9.84 Å². The summed E-state index contributed by atoms with van der Waals surface area (Å²) in [4.78, 5) is 0. The van der Waals surface area contributed by atoms with Crippen molar-refractivity contribution in [3.63, 3.8) is 0 Å². The van der Waals surface area contributed by atoms with Crippen LogP contribution >= 0.6 is 0 Å². The molecule has 2 rings (SSSR count). The minimum absolute atomic E-state index is 0.296. The first-order chi connectivity index (χ1) is 8.92. The first-order valence-electron chi connectivity index (χ1n) is 6.63. The molecule has 0 aliphatic carbocycles. The first kappa shape index (κ1) is 12.9. The summed E-state index contributed by atoms with van der Waals surface area (Å²) in [5.74, 6) is 0.968. The average molecular weight is 244 g/mol. The molecule has 0 spiro atoms. The lowest BCUT2D eigenvalue weighted by atomic mass is 10.1. The second kappa shape index (κ2) is 7.02. The van der Waals surface area contributed by atoms with Gasteiger partial charge in [-0.2, -0.15) is 0 Å². The fourth-order valence-electron chi connectivity index (χ4n) is 2.07. The Morgan fingerprint density at radius 2 is 1.61 bits per heavy atom. The number of aliphatic hydroxyl groups excluding tert-OH is 1. The quantitative estimate of drug-likeness (QED) is 0.751. The molecular formula is C16H20O2. The number of hydrogen-bond acceptors (Lipinski definition) is 2. The van der Waals surface area contributed by atoms with Gasteiger partial charge in [-0.3, -0.25) is 0 Å². The summed E-state index contributed by atoms with van der Waals surface area (Å²) in [6.45, 7) is 1.05. The molecule has 0 aliphatic rings. The van der Waals surface area contributed by atoms with E-state index in [4.69, 9.17) is 9.84 Å². The van der Waals surface area contributed by atoms with E-state index >= 15 is 0 Å². The van der Waals surface area contributed by atoms with Crippen LogP contribution in [0.5, 0.6) is 5.75 Å². The lowest BCUT2D eigenvalue weighted by Gasteiger charge is -2.09. The molecule has 0 aliphatic heterocycles. The highest BCUT2D eigenvalue weighted by atomic mass is 16.5. The molecule has 0 saturated carbocycles. The highest BCUT2D eigenvalue weighted by Gasteiger charge is 2.00. The van der Waals surface area contributed by atoms with Crippen LogP contribution in [0.2, 0.25) is 0 Å². The van der Waals surface area contributed by atoms with Gasteiger partial charge >= 0.3 is 0 Å². The van der Waals surface area contributed by atoms with Crippen LogP contribution in [0.15, 0.2) is 42.5 Å². The molecule has 96 valence electrons. The van der Waals surface area contributed by atoms with Crippen LogP contribution in [0, 0.1) is 0 Å². The minimum atomic E-state index is 0.296. The maximum absolute atomic E-state index is 8.69. The van der Waals surface area contributed by atoms with Crippen molar-refractivity contribution < 1.29 is 9.84 Å². The Morgan fingerprint density at radius 1 is 0.833 bits per heavy atom. The van der Waals surface area contributed by atoms with Gasteiger partial charge in [-0.25, -0.2) is 0 Å². The van der Waals surface area contributed by atoms with E-state index in [0.29, 0.717) is 6.61 Å². The number of benzene rings is 2. The standard InChI is InChI=1S/C16H20O2/c17-12-5-1-2-6-13-18-16-11-7-9-14-8-3-4-10-15(14)16/h3-4,7-11,17H,1-2,5-6,12-13H2. The number of aliphatic hydroxyl groups is 1. The van der Waals surface area contributed by atoms with Crippen molar-refractivity contribution in [2.45, 2.75) is 25.7 Å². The molecule has 0 saturated heterocycles. The Bertz CT molecular complexity index is 474. The van der Waals surface area contributed by atoms with E-state index < -0.39 is 0 Å². The van der Waals surface area contributed by atoms with Gasteiger partial charge in [0.05, 0.1) is 6.61 Å². The molecule has 0 heterocycles. The molecule has 0 unspecified atom stereocenters. The Morgan fingerprint density at radius 3 is 2.50 bits per heavy atom. The van der Waals surface area contributed by atoms with Gasteiger partial charge in [-0.1, -0.05) is 42.8 Å². The molecule has 0 atom stereocenters. The highest BCUT2D eigenvalue weighted by molar-refractivity contribution is 5.88. The topological polar surface area (TPSA) is 29.5 Å². The summed E-state index contributed by atoms with van der Waals surface area (Å²) in [5, 5.41) is 11.1. The normalized spacial score (nSPS) is 10.7. The summed E-state index contributed by atoms with van der Waals surface area (Å²) >= 11 is 0. The van der Waals surface area contributed by atoms with Gasteiger partial charge in [-0.05, 0) is 30.7 Å². The summed E-state index contributed by atoms with van der Waals surface area (Å²) in [7, 11) is 0. The average Bonchev–Trinajstić information content (AvgIpc) is 2.43. The van der Waals surface area contributed by atoms with Crippen LogP contribution in [0.3, 0.4) is 0 Å².